The number of benzene rings is 2. The van der Waals surface area contributed by atoms with Crippen LogP contribution >= 0.6 is 0 Å². The van der Waals surface area contributed by atoms with Gasteiger partial charge in [-0.15, -0.1) is 0 Å². The second kappa shape index (κ2) is 8.97. The number of anilines is 6. The van der Waals surface area contributed by atoms with Gasteiger partial charge >= 0.3 is 0 Å². The zero-order valence-electron chi connectivity index (χ0n) is 18.9. The molecule has 2 aliphatic heterocycles. The summed E-state index contributed by atoms with van der Waals surface area (Å²) in [6.07, 6.45) is 9.22. The first-order valence-electron chi connectivity index (χ1n) is 11.6. The zero-order valence-corrected chi connectivity index (χ0v) is 18.9. The van der Waals surface area contributed by atoms with Gasteiger partial charge in [-0.2, -0.15) is 0 Å². The van der Waals surface area contributed by atoms with Crippen molar-refractivity contribution in [2.45, 2.75) is 12.8 Å². The molecule has 4 heterocycles. The second-order valence-corrected chi connectivity index (χ2v) is 8.48. The van der Waals surface area contributed by atoms with E-state index in [4.69, 9.17) is 0 Å². The van der Waals surface area contributed by atoms with Crippen molar-refractivity contribution in [3.8, 4) is 0 Å². The normalized spacial score (nSPS) is 14.5. The van der Waals surface area contributed by atoms with E-state index in [0.717, 1.165) is 73.8 Å². The van der Waals surface area contributed by atoms with Crippen LogP contribution in [0.4, 0.5) is 34.5 Å². The molecular formula is C26H26N8. The molecule has 8 nitrogen and oxygen atoms in total. The Balaban J connectivity index is 1.10. The largest absolute Gasteiger partial charge is 0.349 e. The number of fused-ring (bicyclic) bond motifs is 2. The van der Waals surface area contributed by atoms with Crippen LogP contribution in [0.25, 0.3) is 0 Å². The van der Waals surface area contributed by atoms with Crippen molar-refractivity contribution in [1.29, 1.82) is 0 Å². The van der Waals surface area contributed by atoms with Gasteiger partial charge in [0.05, 0.1) is 19.5 Å². The van der Waals surface area contributed by atoms with Gasteiger partial charge in [0.25, 0.3) is 0 Å². The standard InChI is InChI=1S/C26H26N8/c1-3-9-21(10-4-1)33-19-31(23-17-27-18-30-24(23)33)15-7-8-16-32-20-34(22-11-5-2-6-12-22)26-25(32)28-13-14-29-26/h1-6,9-14,17-18H,7-8,15-16,19-20H2. The lowest BCUT2D eigenvalue weighted by atomic mass is 10.2. The molecule has 6 rings (SSSR count). The molecule has 0 atom stereocenters. The van der Waals surface area contributed by atoms with Gasteiger partial charge in [0, 0.05) is 36.9 Å². The van der Waals surface area contributed by atoms with Crippen molar-refractivity contribution >= 4 is 34.5 Å². The van der Waals surface area contributed by atoms with Crippen molar-refractivity contribution in [3.63, 3.8) is 0 Å². The minimum atomic E-state index is 0.769. The first-order valence-corrected chi connectivity index (χ1v) is 11.6. The summed E-state index contributed by atoms with van der Waals surface area (Å²) in [6.45, 7) is 3.44. The number of nitrogens with zero attached hydrogens (tertiary/aromatic N) is 8. The minimum absolute atomic E-state index is 0.769. The average molecular weight is 451 g/mol. The van der Waals surface area contributed by atoms with Crippen molar-refractivity contribution in [2.75, 3.05) is 46.0 Å². The Kier molecular flexibility index (Phi) is 5.39. The van der Waals surface area contributed by atoms with Gasteiger partial charge in [0.2, 0.25) is 0 Å². The predicted molar refractivity (Wildman–Crippen MR) is 135 cm³/mol. The quantitative estimate of drug-likeness (QED) is 0.379. The first kappa shape index (κ1) is 20.4. The van der Waals surface area contributed by atoms with Crippen LogP contribution in [0.1, 0.15) is 12.8 Å². The van der Waals surface area contributed by atoms with Gasteiger partial charge in [0.15, 0.2) is 17.5 Å². The van der Waals surface area contributed by atoms with Crippen molar-refractivity contribution < 1.29 is 0 Å². The van der Waals surface area contributed by atoms with Gasteiger partial charge < -0.3 is 19.6 Å². The summed E-state index contributed by atoms with van der Waals surface area (Å²) in [5, 5.41) is 0. The molecule has 0 unspecified atom stereocenters. The maximum Gasteiger partial charge on any atom is 0.178 e. The molecule has 0 saturated heterocycles. The Labute approximate surface area is 199 Å². The lowest BCUT2D eigenvalue weighted by Crippen LogP contribution is -2.31. The molecule has 0 aliphatic carbocycles. The summed E-state index contributed by atoms with van der Waals surface area (Å²) >= 11 is 0. The monoisotopic (exact) mass is 450 g/mol. The molecule has 0 radical (unpaired) electrons. The maximum absolute atomic E-state index is 4.63. The molecule has 2 aliphatic rings. The highest BCUT2D eigenvalue weighted by Gasteiger charge is 2.30. The lowest BCUT2D eigenvalue weighted by molar-refractivity contribution is 0.675. The van der Waals surface area contributed by atoms with Crippen molar-refractivity contribution in [2.24, 2.45) is 0 Å². The maximum atomic E-state index is 4.63. The van der Waals surface area contributed by atoms with Crippen LogP contribution in [-0.2, 0) is 0 Å². The van der Waals surface area contributed by atoms with Gasteiger partial charge in [0.1, 0.15) is 12.0 Å². The fraction of sp³-hybridized carbons (Fsp3) is 0.231. The molecule has 0 amide bonds. The molecule has 2 aromatic carbocycles. The first-order chi connectivity index (χ1) is 16.9. The van der Waals surface area contributed by atoms with E-state index >= 15 is 0 Å². The Morgan fingerprint density at radius 3 is 1.91 bits per heavy atom. The van der Waals surface area contributed by atoms with Crippen LogP contribution in [0, 0.1) is 0 Å². The summed E-state index contributed by atoms with van der Waals surface area (Å²) < 4.78 is 0. The van der Waals surface area contributed by atoms with E-state index in [1.807, 2.05) is 18.3 Å². The third-order valence-corrected chi connectivity index (χ3v) is 6.35. The van der Waals surface area contributed by atoms with Gasteiger partial charge in [-0.05, 0) is 37.1 Å². The van der Waals surface area contributed by atoms with Crippen molar-refractivity contribution in [1.82, 2.24) is 19.9 Å². The lowest BCUT2D eigenvalue weighted by Gasteiger charge is -2.23. The highest BCUT2D eigenvalue weighted by molar-refractivity contribution is 5.78. The molecule has 2 aromatic heterocycles. The van der Waals surface area contributed by atoms with Crippen LogP contribution in [0.3, 0.4) is 0 Å². The molecule has 0 N–H and O–H groups in total. The molecule has 8 heteroatoms. The Morgan fingerprint density at radius 2 is 1.21 bits per heavy atom. The molecule has 4 aromatic rings. The van der Waals surface area contributed by atoms with Crippen molar-refractivity contribution in [3.05, 3.63) is 85.6 Å². The Morgan fingerprint density at radius 1 is 0.618 bits per heavy atom. The number of para-hydroxylation sites is 2. The number of unbranched alkanes of at least 4 members (excludes halogenated alkanes) is 1. The number of hydrogen-bond donors (Lipinski definition) is 0. The van der Waals surface area contributed by atoms with E-state index in [-0.39, 0.29) is 0 Å². The summed E-state index contributed by atoms with van der Waals surface area (Å²) in [5.74, 6) is 2.86. The summed E-state index contributed by atoms with van der Waals surface area (Å²) in [5.41, 5.74) is 3.39. The minimum Gasteiger partial charge on any atom is -0.349 e. The topological polar surface area (TPSA) is 64.5 Å². The molecule has 34 heavy (non-hydrogen) atoms. The SMILES string of the molecule is c1ccc(N2CN(CCCCN3CN(c4ccccc4)c4nccnc43)c3cncnc32)cc1. The molecular weight excluding hydrogens is 424 g/mol. The summed E-state index contributed by atoms with van der Waals surface area (Å²) in [7, 11) is 0. The van der Waals surface area contributed by atoms with E-state index in [1.165, 1.54) is 0 Å². The van der Waals surface area contributed by atoms with Gasteiger partial charge in [-0.1, -0.05) is 36.4 Å². The van der Waals surface area contributed by atoms with E-state index in [2.05, 4.69) is 88.1 Å². The fourth-order valence-corrected chi connectivity index (χ4v) is 4.70. The third kappa shape index (κ3) is 3.77. The van der Waals surface area contributed by atoms with Gasteiger partial charge in [-0.25, -0.2) is 19.9 Å². The van der Waals surface area contributed by atoms with E-state index in [9.17, 15) is 0 Å². The van der Waals surface area contributed by atoms with Crippen LogP contribution in [0.2, 0.25) is 0 Å². The van der Waals surface area contributed by atoms with E-state index in [0.29, 0.717) is 0 Å². The summed E-state index contributed by atoms with van der Waals surface area (Å²) in [4.78, 5) is 27.3. The summed E-state index contributed by atoms with van der Waals surface area (Å²) in [6, 6.07) is 20.8. The van der Waals surface area contributed by atoms with Crippen LogP contribution in [0.5, 0.6) is 0 Å². The van der Waals surface area contributed by atoms with E-state index < -0.39 is 0 Å². The number of hydrogen-bond acceptors (Lipinski definition) is 8. The smallest absolute Gasteiger partial charge is 0.178 e. The highest BCUT2D eigenvalue weighted by atomic mass is 15.4. The number of aromatic nitrogens is 4. The number of rotatable bonds is 7. The second-order valence-electron chi connectivity index (χ2n) is 8.48. The van der Waals surface area contributed by atoms with Crippen LogP contribution in [0.15, 0.2) is 85.6 Å². The fourth-order valence-electron chi connectivity index (χ4n) is 4.70. The molecule has 170 valence electrons. The van der Waals surface area contributed by atoms with Crippen LogP contribution < -0.4 is 19.6 Å². The zero-order chi connectivity index (χ0) is 22.7. The van der Waals surface area contributed by atoms with E-state index in [1.54, 1.807) is 18.7 Å². The third-order valence-electron chi connectivity index (χ3n) is 6.35. The molecule has 0 spiro atoms. The predicted octanol–water partition coefficient (Wildman–Crippen LogP) is 4.58. The molecule has 0 fully saturated rings. The average Bonchev–Trinajstić information content (AvgIpc) is 3.47. The highest BCUT2D eigenvalue weighted by Crippen LogP contribution is 2.39. The Hall–Kier alpha value is -4.20. The molecule has 0 bridgehead atoms. The van der Waals surface area contributed by atoms with Gasteiger partial charge in [-0.3, -0.25) is 0 Å². The Bertz CT molecular complexity index is 1150. The van der Waals surface area contributed by atoms with Crippen LogP contribution in [-0.4, -0.2) is 46.4 Å². The molecule has 0 saturated carbocycles.